The van der Waals surface area contributed by atoms with Crippen LogP contribution in [-0.2, 0) is 4.79 Å². The number of rotatable bonds is 6. The summed E-state index contributed by atoms with van der Waals surface area (Å²) in [5, 5.41) is 9.34. The summed E-state index contributed by atoms with van der Waals surface area (Å²) in [4.78, 5) is 28.3. The molecule has 0 bridgehead atoms. The number of nitrogens with one attached hydrogen (secondary N) is 1. The number of nitrogens with zero attached hydrogens (tertiary/aromatic N) is 6. The Labute approximate surface area is 211 Å². The van der Waals surface area contributed by atoms with Crippen molar-refractivity contribution in [2.24, 2.45) is 5.41 Å². The van der Waals surface area contributed by atoms with Crippen molar-refractivity contribution in [3.05, 3.63) is 47.1 Å². The van der Waals surface area contributed by atoms with Crippen LogP contribution in [0.25, 0.3) is 27.6 Å². The molecule has 1 saturated carbocycles. The number of anilines is 1. The molecule has 35 heavy (non-hydrogen) atoms. The van der Waals surface area contributed by atoms with Crippen LogP contribution in [0.5, 0.6) is 0 Å². The van der Waals surface area contributed by atoms with E-state index in [9.17, 15) is 9.18 Å². The standard InChI is InChI=1S/C25H27BrFN7O/c1-4-33(5-2)23(35)25(3)9-8-16(13-25)30-24-29-14-18-21(26)32-34(22(18)31-24)17-11-15-7-6-10-28-20(15)19(27)12-17/h6-7,10-12,14,16H,4-5,8-9,13H2,1-3H3,(H,29,30,31)/t16-,25?/m1/s1. The van der Waals surface area contributed by atoms with E-state index in [4.69, 9.17) is 4.98 Å². The van der Waals surface area contributed by atoms with Crippen molar-refractivity contribution in [2.75, 3.05) is 18.4 Å². The molecule has 1 N–H and O–H groups in total. The molecule has 0 radical (unpaired) electrons. The van der Waals surface area contributed by atoms with E-state index in [1.807, 2.05) is 30.9 Å². The molecule has 182 valence electrons. The first-order valence-electron chi connectivity index (χ1n) is 11.8. The summed E-state index contributed by atoms with van der Waals surface area (Å²) in [6.07, 6.45) is 5.66. The Morgan fingerprint density at radius 1 is 1.31 bits per heavy atom. The molecule has 5 rings (SSSR count). The van der Waals surface area contributed by atoms with Gasteiger partial charge in [0.25, 0.3) is 0 Å². The van der Waals surface area contributed by atoms with Crippen LogP contribution < -0.4 is 5.32 Å². The van der Waals surface area contributed by atoms with Crippen molar-refractivity contribution >= 4 is 49.7 Å². The van der Waals surface area contributed by atoms with Crippen LogP contribution in [0.15, 0.2) is 41.3 Å². The molecule has 0 aliphatic heterocycles. The summed E-state index contributed by atoms with van der Waals surface area (Å²) in [6.45, 7) is 7.50. The van der Waals surface area contributed by atoms with Crippen LogP contribution in [0, 0.1) is 11.2 Å². The van der Waals surface area contributed by atoms with E-state index in [1.165, 1.54) is 6.07 Å². The molecule has 1 fully saturated rings. The lowest BCUT2D eigenvalue weighted by Crippen LogP contribution is -2.41. The van der Waals surface area contributed by atoms with Crippen LogP contribution in [0.1, 0.15) is 40.0 Å². The van der Waals surface area contributed by atoms with Gasteiger partial charge in [-0.3, -0.25) is 9.78 Å². The fraction of sp³-hybridized carbons (Fsp3) is 0.400. The molecule has 3 aromatic heterocycles. The van der Waals surface area contributed by atoms with Crippen molar-refractivity contribution in [1.82, 2.24) is 29.6 Å². The number of amides is 1. The Bertz CT molecular complexity index is 1420. The molecule has 1 aliphatic rings. The third kappa shape index (κ3) is 4.24. The second-order valence-electron chi connectivity index (χ2n) is 9.26. The van der Waals surface area contributed by atoms with Gasteiger partial charge < -0.3 is 10.2 Å². The van der Waals surface area contributed by atoms with Crippen LogP contribution in [0.2, 0.25) is 0 Å². The van der Waals surface area contributed by atoms with Gasteiger partial charge in [-0.05, 0) is 61.2 Å². The minimum Gasteiger partial charge on any atom is -0.351 e. The minimum absolute atomic E-state index is 0.0842. The monoisotopic (exact) mass is 539 g/mol. The molecule has 1 amide bonds. The predicted octanol–water partition coefficient (Wildman–Crippen LogP) is 5.10. The van der Waals surface area contributed by atoms with Gasteiger partial charge in [-0.25, -0.2) is 14.1 Å². The van der Waals surface area contributed by atoms with Crippen molar-refractivity contribution in [3.8, 4) is 5.69 Å². The lowest BCUT2D eigenvalue weighted by molar-refractivity contribution is -0.140. The van der Waals surface area contributed by atoms with Crippen molar-refractivity contribution in [3.63, 3.8) is 0 Å². The number of carbonyl (C=O) groups is 1. The summed E-state index contributed by atoms with van der Waals surface area (Å²) in [5.41, 5.74) is 1.01. The number of hydrogen-bond acceptors (Lipinski definition) is 6. The zero-order valence-corrected chi connectivity index (χ0v) is 21.5. The molecule has 2 atom stereocenters. The third-order valence-corrected chi connectivity index (χ3v) is 7.49. The third-order valence-electron chi connectivity index (χ3n) is 6.91. The molecule has 0 saturated heterocycles. The number of halogens is 2. The number of pyridine rings is 1. The molecular formula is C25H27BrFN7O. The van der Waals surface area contributed by atoms with E-state index in [0.29, 0.717) is 45.9 Å². The van der Waals surface area contributed by atoms with E-state index in [1.54, 1.807) is 23.1 Å². The Kier molecular flexibility index (Phi) is 6.16. The van der Waals surface area contributed by atoms with E-state index in [-0.39, 0.29) is 11.9 Å². The summed E-state index contributed by atoms with van der Waals surface area (Å²) >= 11 is 3.47. The first-order chi connectivity index (χ1) is 16.8. The molecule has 8 nitrogen and oxygen atoms in total. The lowest BCUT2D eigenvalue weighted by Gasteiger charge is -2.30. The number of hydrogen-bond donors (Lipinski definition) is 1. The average Bonchev–Trinajstić information content (AvgIpc) is 3.40. The predicted molar refractivity (Wildman–Crippen MR) is 137 cm³/mol. The van der Waals surface area contributed by atoms with Gasteiger partial charge in [-0.15, -0.1) is 0 Å². The summed E-state index contributed by atoms with van der Waals surface area (Å²) in [7, 11) is 0. The maximum Gasteiger partial charge on any atom is 0.228 e. The van der Waals surface area contributed by atoms with Crippen LogP contribution in [0.4, 0.5) is 10.3 Å². The highest BCUT2D eigenvalue weighted by Gasteiger charge is 2.43. The maximum atomic E-state index is 14.7. The van der Waals surface area contributed by atoms with Crippen LogP contribution in [-0.4, -0.2) is 54.7 Å². The van der Waals surface area contributed by atoms with Crippen molar-refractivity contribution in [2.45, 2.75) is 46.1 Å². The smallest absolute Gasteiger partial charge is 0.228 e. The molecule has 0 spiro atoms. The molecular weight excluding hydrogens is 513 g/mol. The molecule has 3 heterocycles. The normalized spacial score (nSPS) is 20.0. The Morgan fingerprint density at radius 3 is 2.89 bits per heavy atom. The quantitative estimate of drug-likeness (QED) is 0.366. The molecule has 1 unspecified atom stereocenters. The zero-order chi connectivity index (χ0) is 24.7. The van der Waals surface area contributed by atoms with Gasteiger partial charge in [0.15, 0.2) is 11.5 Å². The SMILES string of the molecule is CCN(CC)C(=O)C1(C)CC[C@@H](Nc2ncc3c(Br)nn(-c4cc(F)c5ncccc5c4)c3n2)C1. The van der Waals surface area contributed by atoms with Gasteiger partial charge in [0.1, 0.15) is 10.1 Å². The summed E-state index contributed by atoms with van der Waals surface area (Å²) in [5.74, 6) is 0.241. The topological polar surface area (TPSA) is 88.8 Å². The van der Waals surface area contributed by atoms with E-state index in [2.05, 4.69) is 43.2 Å². The molecule has 10 heteroatoms. The molecule has 4 aromatic rings. The number of aromatic nitrogens is 5. The fourth-order valence-corrected chi connectivity index (χ4v) is 5.45. The van der Waals surface area contributed by atoms with Gasteiger partial charge in [-0.2, -0.15) is 10.1 Å². The van der Waals surface area contributed by atoms with Crippen molar-refractivity contribution in [1.29, 1.82) is 0 Å². The first-order valence-corrected chi connectivity index (χ1v) is 12.6. The maximum absolute atomic E-state index is 14.7. The van der Waals surface area contributed by atoms with E-state index in [0.717, 1.165) is 24.6 Å². The average molecular weight is 540 g/mol. The number of fused-ring (bicyclic) bond motifs is 2. The zero-order valence-electron chi connectivity index (χ0n) is 19.9. The Morgan fingerprint density at radius 2 is 2.11 bits per heavy atom. The molecule has 1 aliphatic carbocycles. The Balaban J connectivity index is 1.44. The van der Waals surface area contributed by atoms with Gasteiger partial charge in [-0.1, -0.05) is 13.0 Å². The van der Waals surface area contributed by atoms with Gasteiger partial charge in [0.2, 0.25) is 11.9 Å². The number of carbonyl (C=O) groups excluding carboxylic acids is 1. The fourth-order valence-electron chi connectivity index (χ4n) is 5.01. The van der Waals surface area contributed by atoms with Gasteiger partial charge in [0, 0.05) is 48.4 Å². The summed E-state index contributed by atoms with van der Waals surface area (Å²) in [6, 6.07) is 6.91. The van der Waals surface area contributed by atoms with Crippen LogP contribution in [0.3, 0.4) is 0 Å². The van der Waals surface area contributed by atoms with Crippen LogP contribution >= 0.6 is 15.9 Å². The van der Waals surface area contributed by atoms with Crippen molar-refractivity contribution < 1.29 is 9.18 Å². The molecule has 1 aromatic carbocycles. The Hall–Kier alpha value is -3.14. The minimum atomic E-state index is -0.423. The summed E-state index contributed by atoms with van der Waals surface area (Å²) < 4.78 is 16.9. The van der Waals surface area contributed by atoms with Gasteiger partial charge >= 0.3 is 0 Å². The lowest BCUT2D eigenvalue weighted by atomic mass is 9.86. The highest BCUT2D eigenvalue weighted by Crippen LogP contribution is 2.40. The van der Waals surface area contributed by atoms with E-state index < -0.39 is 11.2 Å². The second kappa shape index (κ2) is 9.14. The second-order valence-corrected chi connectivity index (χ2v) is 10.0. The number of benzene rings is 1. The van der Waals surface area contributed by atoms with Gasteiger partial charge in [0.05, 0.1) is 11.1 Å². The highest BCUT2D eigenvalue weighted by molar-refractivity contribution is 9.10. The van der Waals surface area contributed by atoms with E-state index >= 15 is 0 Å². The largest absolute Gasteiger partial charge is 0.351 e. The first kappa shape index (κ1) is 23.6. The highest BCUT2D eigenvalue weighted by atomic mass is 79.9.